The summed E-state index contributed by atoms with van der Waals surface area (Å²) in [6.07, 6.45) is 3.59. The van der Waals surface area contributed by atoms with E-state index in [4.69, 9.17) is 4.74 Å². The number of rotatable bonds is 4. The molecule has 0 fully saturated rings. The van der Waals surface area contributed by atoms with E-state index in [1.165, 1.54) is 0 Å². The minimum atomic E-state index is 0.712. The number of hydrogen-bond donors (Lipinski definition) is 1. The first-order chi connectivity index (χ1) is 10.3. The predicted molar refractivity (Wildman–Crippen MR) is 83.6 cm³/mol. The normalized spacial score (nSPS) is 10.8. The summed E-state index contributed by atoms with van der Waals surface area (Å²) in [6, 6.07) is 11.9. The molecule has 0 bridgehead atoms. The second-order valence-electron chi connectivity index (χ2n) is 4.93. The zero-order valence-corrected chi connectivity index (χ0v) is 12.1. The van der Waals surface area contributed by atoms with E-state index in [1.807, 2.05) is 56.6 Å². The molecule has 0 aliphatic heterocycles. The number of aryl methyl sites for hydroxylation is 1. The second kappa shape index (κ2) is 5.89. The molecule has 2 aromatic heterocycles. The van der Waals surface area contributed by atoms with Gasteiger partial charge in [0.2, 0.25) is 0 Å². The lowest BCUT2D eigenvalue weighted by atomic mass is 10.2. The van der Waals surface area contributed by atoms with E-state index >= 15 is 0 Å². The largest absolute Gasteiger partial charge is 0.455 e. The molecule has 1 N–H and O–H groups in total. The molecule has 1 aromatic carbocycles. The van der Waals surface area contributed by atoms with E-state index in [1.54, 1.807) is 6.20 Å². The SMILES string of the molecule is CNCc1cnc(C)cc1Oc1cnc2ccccc2c1. The fourth-order valence-corrected chi connectivity index (χ4v) is 2.21. The number of nitrogens with one attached hydrogen (secondary N) is 1. The molecule has 0 amide bonds. The predicted octanol–water partition coefficient (Wildman–Crippen LogP) is 3.45. The van der Waals surface area contributed by atoms with E-state index in [0.717, 1.165) is 33.7 Å². The van der Waals surface area contributed by atoms with Gasteiger partial charge in [0.1, 0.15) is 11.5 Å². The fraction of sp³-hybridized carbons (Fsp3) is 0.176. The molecular weight excluding hydrogens is 262 g/mol. The van der Waals surface area contributed by atoms with Crippen molar-refractivity contribution in [3.8, 4) is 11.5 Å². The van der Waals surface area contributed by atoms with Crippen LogP contribution < -0.4 is 10.1 Å². The van der Waals surface area contributed by atoms with Crippen molar-refractivity contribution in [3.63, 3.8) is 0 Å². The molecular formula is C17H17N3O. The average Bonchev–Trinajstić information content (AvgIpc) is 2.50. The lowest BCUT2D eigenvalue weighted by Gasteiger charge is -2.11. The van der Waals surface area contributed by atoms with Crippen molar-refractivity contribution in [2.24, 2.45) is 0 Å². The van der Waals surface area contributed by atoms with Crippen molar-refractivity contribution in [3.05, 3.63) is 60.0 Å². The number of nitrogens with zero attached hydrogens (tertiary/aromatic N) is 2. The minimum Gasteiger partial charge on any atom is -0.455 e. The van der Waals surface area contributed by atoms with Crippen LogP contribution in [0, 0.1) is 6.92 Å². The van der Waals surface area contributed by atoms with Gasteiger partial charge in [0, 0.05) is 35.5 Å². The Balaban J connectivity index is 1.95. The molecule has 3 aromatic rings. The van der Waals surface area contributed by atoms with Crippen molar-refractivity contribution in [1.82, 2.24) is 15.3 Å². The number of pyridine rings is 2. The number of benzene rings is 1. The summed E-state index contributed by atoms with van der Waals surface area (Å²) in [5, 5.41) is 4.19. The van der Waals surface area contributed by atoms with Crippen molar-refractivity contribution in [2.75, 3.05) is 7.05 Å². The second-order valence-corrected chi connectivity index (χ2v) is 4.93. The molecule has 0 saturated carbocycles. The van der Waals surface area contributed by atoms with Gasteiger partial charge in [-0.3, -0.25) is 9.97 Å². The lowest BCUT2D eigenvalue weighted by molar-refractivity contribution is 0.471. The Labute approximate surface area is 123 Å². The molecule has 0 atom stereocenters. The van der Waals surface area contributed by atoms with Crippen molar-refractivity contribution >= 4 is 10.9 Å². The summed E-state index contributed by atoms with van der Waals surface area (Å²) in [5.74, 6) is 1.55. The van der Waals surface area contributed by atoms with Crippen LogP contribution in [0.25, 0.3) is 10.9 Å². The molecule has 2 heterocycles. The highest BCUT2D eigenvalue weighted by molar-refractivity contribution is 5.79. The van der Waals surface area contributed by atoms with E-state index in [-0.39, 0.29) is 0 Å². The zero-order chi connectivity index (χ0) is 14.7. The summed E-state index contributed by atoms with van der Waals surface area (Å²) in [6.45, 7) is 2.66. The summed E-state index contributed by atoms with van der Waals surface area (Å²) < 4.78 is 6.01. The first-order valence-electron chi connectivity index (χ1n) is 6.89. The van der Waals surface area contributed by atoms with Crippen LogP contribution in [0.5, 0.6) is 11.5 Å². The van der Waals surface area contributed by atoms with Gasteiger partial charge in [0.15, 0.2) is 0 Å². The maximum atomic E-state index is 6.01. The Kier molecular flexibility index (Phi) is 3.79. The summed E-state index contributed by atoms with van der Waals surface area (Å²) >= 11 is 0. The molecule has 0 radical (unpaired) electrons. The van der Waals surface area contributed by atoms with Gasteiger partial charge >= 0.3 is 0 Å². The molecule has 0 aliphatic rings. The molecule has 106 valence electrons. The highest BCUT2D eigenvalue weighted by atomic mass is 16.5. The van der Waals surface area contributed by atoms with Gasteiger partial charge in [-0.05, 0) is 26.1 Å². The smallest absolute Gasteiger partial charge is 0.146 e. The number of para-hydroxylation sites is 1. The van der Waals surface area contributed by atoms with Crippen LogP contribution in [0.3, 0.4) is 0 Å². The van der Waals surface area contributed by atoms with E-state index in [9.17, 15) is 0 Å². The summed E-state index contributed by atoms with van der Waals surface area (Å²) in [5.41, 5.74) is 2.92. The van der Waals surface area contributed by atoms with Crippen LogP contribution in [0.2, 0.25) is 0 Å². The monoisotopic (exact) mass is 279 g/mol. The molecule has 21 heavy (non-hydrogen) atoms. The van der Waals surface area contributed by atoms with Gasteiger partial charge in [-0.15, -0.1) is 0 Å². The Hall–Kier alpha value is -2.46. The van der Waals surface area contributed by atoms with Gasteiger partial charge in [0.25, 0.3) is 0 Å². The van der Waals surface area contributed by atoms with Crippen LogP contribution in [-0.2, 0) is 6.54 Å². The van der Waals surface area contributed by atoms with Crippen LogP contribution >= 0.6 is 0 Å². The van der Waals surface area contributed by atoms with Crippen LogP contribution in [0.4, 0.5) is 0 Å². The van der Waals surface area contributed by atoms with Gasteiger partial charge in [-0.25, -0.2) is 0 Å². The van der Waals surface area contributed by atoms with Crippen molar-refractivity contribution < 1.29 is 4.74 Å². The zero-order valence-electron chi connectivity index (χ0n) is 12.1. The first-order valence-corrected chi connectivity index (χ1v) is 6.89. The third-order valence-electron chi connectivity index (χ3n) is 3.24. The highest BCUT2D eigenvalue weighted by Crippen LogP contribution is 2.27. The Morgan fingerprint density at radius 2 is 1.95 bits per heavy atom. The Morgan fingerprint density at radius 3 is 2.81 bits per heavy atom. The summed E-state index contributed by atoms with van der Waals surface area (Å²) in [7, 11) is 1.90. The maximum absolute atomic E-state index is 6.01. The van der Waals surface area contributed by atoms with Crippen LogP contribution in [0.1, 0.15) is 11.3 Å². The molecule has 4 nitrogen and oxygen atoms in total. The van der Waals surface area contributed by atoms with Crippen molar-refractivity contribution in [1.29, 1.82) is 0 Å². The third-order valence-corrected chi connectivity index (χ3v) is 3.24. The van der Waals surface area contributed by atoms with Crippen LogP contribution in [0.15, 0.2) is 48.8 Å². The maximum Gasteiger partial charge on any atom is 0.146 e. The molecule has 0 aliphatic carbocycles. The third kappa shape index (κ3) is 3.01. The number of ether oxygens (including phenoxy) is 1. The number of fused-ring (bicyclic) bond motifs is 1. The van der Waals surface area contributed by atoms with Gasteiger partial charge in [-0.2, -0.15) is 0 Å². The lowest BCUT2D eigenvalue weighted by Crippen LogP contribution is -2.07. The van der Waals surface area contributed by atoms with Gasteiger partial charge < -0.3 is 10.1 Å². The molecule has 0 spiro atoms. The van der Waals surface area contributed by atoms with Crippen molar-refractivity contribution in [2.45, 2.75) is 13.5 Å². The van der Waals surface area contributed by atoms with Gasteiger partial charge in [0.05, 0.1) is 11.7 Å². The molecule has 4 heteroatoms. The fourth-order valence-electron chi connectivity index (χ4n) is 2.21. The quantitative estimate of drug-likeness (QED) is 0.794. The Morgan fingerprint density at radius 1 is 1.10 bits per heavy atom. The Bertz CT molecular complexity index is 771. The molecule has 0 saturated heterocycles. The van der Waals surface area contributed by atoms with Crippen LogP contribution in [-0.4, -0.2) is 17.0 Å². The average molecular weight is 279 g/mol. The standard InChI is InChI=1S/C17H17N3O/c1-12-7-17(14(9-18-2)10-19-12)21-15-8-13-5-3-4-6-16(13)20-11-15/h3-8,10-11,18H,9H2,1-2H3. The highest BCUT2D eigenvalue weighted by Gasteiger charge is 2.07. The minimum absolute atomic E-state index is 0.712. The van der Waals surface area contributed by atoms with Gasteiger partial charge in [-0.1, -0.05) is 18.2 Å². The van der Waals surface area contributed by atoms with E-state index < -0.39 is 0 Å². The van der Waals surface area contributed by atoms with E-state index in [2.05, 4.69) is 15.3 Å². The first kappa shape index (κ1) is 13.5. The number of aromatic nitrogens is 2. The van der Waals surface area contributed by atoms with E-state index in [0.29, 0.717) is 6.54 Å². The topological polar surface area (TPSA) is 47.0 Å². The molecule has 0 unspecified atom stereocenters. The molecule has 3 rings (SSSR count). The summed E-state index contributed by atoms with van der Waals surface area (Å²) in [4.78, 5) is 8.73. The number of hydrogen-bond acceptors (Lipinski definition) is 4.